The van der Waals surface area contributed by atoms with E-state index in [1.807, 2.05) is 48.5 Å². The van der Waals surface area contributed by atoms with Crippen molar-refractivity contribution >= 4 is 28.8 Å². The fourth-order valence-electron chi connectivity index (χ4n) is 4.02. The van der Waals surface area contributed by atoms with Gasteiger partial charge in [0.25, 0.3) is 0 Å². The first-order valence-electron chi connectivity index (χ1n) is 12.7. The molecule has 0 radical (unpaired) electrons. The number of aryl methyl sites for hydroxylation is 1. The van der Waals surface area contributed by atoms with Crippen LogP contribution in [0.15, 0.2) is 60.9 Å². The summed E-state index contributed by atoms with van der Waals surface area (Å²) >= 11 is 0. The maximum Gasteiger partial charge on any atom is 0.242 e. The number of nitrogens with one attached hydrogen (secondary N) is 2. The second-order valence-corrected chi connectivity index (χ2v) is 8.95. The zero-order valence-corrected chi connectivity index (χ0v) is 21.4. The molecule has 11 nitrogen and oxygen atoms in total. The lowest BCUT2D eigenvalue weighted by atomic mass is 10.0. The van der Waals surface area contributed by atoms with Crippen LogP contribution in [0.4, 0.5) is 0 Å². The first kappa shape index (κ1) is 28.6. The van der Waals surface area contributed by atoms with Crippen LogP contribution in [0.1, 0.15) is 24.0 Å². The molecule has 0 saturated carbocycles. The third kappa shape index (κ3) is 8.58. The molecule has 202 valence electrons. The molecule has 38 heavy (non-hydrogen) atoms. The molecule has 0 aliphatic rings. The van der Waals surface area contributed by atoms with Crippen molar-refractivity contribution in [3.63, 3.8) is 0 Å². The summed E-state index contributed by atoms with van der Waals surface area (Å²) in [7, 11) is 0. The number of nitrogens with zero attached hydrogens (tertiary/aromatic N) is 3. The second kappa shape index (κ2) is 14.7. The maximum absolute atomic E-state index is 13.2. The number of hydrogen-bond donors (Lipinski definition) is 5. The van der Waals surface area contributed by atoms with E-state index in [0.717, 1.165) is 22.2 Å². The molecule has 3 aromatic rings. The topological polar surface area (TPSA) is 182 Å². The highest BCUT2D eigenvalue weighted by molar-refractivity contribution is 5.92. The van der Waals surface area contributed by atoms with Crippen molar-refractivity contribution in [2.45, 2.75) is 37.9 Å². The molecular formula is C27H36N8O3. The smallest absolute Gasteiger partial charge is 0.242 e. The van der Waals surface area contributed by atoms with Crippen molar-refractivity contribution in [1.82, 2.24) is 25.5 Å². The number of fused-ring (bicyclic) bond motifs is 1. The Balaban J connectivity index is 1.64. The SMILES string of the molecule is NCCN(CCN)C(=O)CC(N)C(=O)NC(CCc1ccccc1)C(=O)NCc1ccc2nccnc2c1. The lowest BCUT2D eigenvalue weighted by molar-refractivity contribution is -0.135. The molecule has 1 aromatic heterocycles. The van der Waals surface area contributed by atoms with Crippen LogP contribution in [-0.2, 0) is 27.3 Å². The van der Waals surface area contributed by atoms with Gasteiger partial charge in [-0.05, 0) is 36.1 Å². The number of benzene rings is 2. The van der Waals surface area contributed by atoms with E-state index < -0.39 is 18.0 Å². The molecule has 0 aliphatic heterocycles. The van der Waals surface area contributed by atoms with Gasteiger partial charge in [-0.15, -0.1) is 0 Å². The highest BCUT2D eigenvalue weighted by Crippen LogP contribution is 2.11. The minimum atomic E-state index is -1.12. The number of hydrogen-bond acceptors (Lipinski definition) is 8. The van der Waals surface area contributed by atoms with Gasteiger partial charge in [-0.25, -0.2) is 0 Å². The third-order valence-electron chi connectivity index (χ3n) is 6.08. The van der Waals surface area contributed by atoms with Gasteiger partial charge in [-0.1, -0.05) is 36.4 Å². The van der Waals surface area contributed by atoms with E-state index in [-0.39, 0.29) is 37.9 Å². The normalized spacial score (nSPS) is 12.5. The molecule has 0 bridgehead atoms. The summed E-state index contributed by atoms with van der Waals surface area (Å²) in [5, 5.41) is 5.63. The van der Waals surface area contributed by atoms with Crippen molar-refractivity contribution in [2.75, 3.05) is 26.2 Å². The zero-order chi connectivity index (χ0) is 27.3. The number of nitrogens with two attached hydrogens (primary N) is 3. The van der Waals surface area contributed by atoms with Gasteiger partial charge in [-0.2, -0.15) is 0 Å². The van der Waals surface area contributed by atoms with Gasteiger partial charge in [0, 0.05) is 45.1 Å². The van der Waals surface area contributed by atoms with Gasteiger partial charge < -0.3 is 32.7 Å². The molecule has 3 rings (SSSR count). The summed E-state index contributed by atoms with van der Waals surface area (Å²) in [6.45, 7) is 1.46. The molecule has 0 spiro atoms. The van der Waals surface area contributed by atoms with Crippen LogP contribution in [-0.4, -0.2) is 70.9 Å². The lowest BCUT2D eigenvalue weighted by Crippen LogP contribution is -2.53. The summed E-state index contributed by atoms with van der Waals surface area (Å²) in [4.78, 5) is 48.7. The van der Waals surface area contributed by atoms with Crippen molar-refractivity contribution in [1.29, 1.82) is 0 Å². The highest BCUT2D eigenvalue weighted by atomic mass is 16.2. The number of carbonyl (C=O) groups is 3. The standard InChI is InChI=1S/C27H36N8O3/c28-10-14-35(15-11-29)25(36)17-21(30)26(37)34-23(9-6-19-4-2-1-3-5-19)27(38)33-18-20-7-8-22-24(16-20)32-13-12-31-22/h1-5,7-8,12-13,16,21,23H,6,9-11,14-15,17-18,28-30H2,(H,33,38)(H,34,37). The van der Waals surface area contributed by atoms with Gasteiger partial charge in [0.2, 0.25) is 17.7 Å². The van der Waals surface area contributed by atoms with Gasteiger partial charge in [-0.3, -0.25) is 24.4 Å². The Kier molecular flexibility index (Phi) is 11.1. The van der Waals surface area contributed by atoms with Crippen LogP contribution in [0.2, 0.25) is 0 Å². The molecule has 11 heteroatoms. The van der Waals surface area contributed by atoms with Crippen LogP contribution in [0.25, 0.3) is 11.0 Å². The lowest BCUT2D eigenvalue weighted by Gasteiger charge is -2.24. The Hall–Kier alpha value is -3.93. The Bertz CT molecular complexity index is 1200. The summed E-state index contributed by atoms with van der Waals surface area (Å²) < 4.78 is 0. The monoisotopic (exact) mass is 520 g/mol. The van der Waals surface area contributed by atoms with E-state index in [1.165, 1.54) is 4.90 Å². The molecular weight excluding hydrogens is 484 g/mol. The molecule has 8 N–H and O–H groups in total. The minimum Gasteiger partial charge on any atom is -0.350 e. The van der Waals surface area contributed by atoms with E-state index in [9.17, 15) is 14.4 Å². The van der Waals surface area contributed by atoms with Crippen LogP contribution in [0, 0.1) is 0 Å². The molecule has 0 fully saturated rings. The molecule has 2 unspecified atom stereocenters. The second-order valence-electron chi connectivity index (χ2n) is 8.95. The van der Waals surface area contributed by atoms with Gasteiger partial charge in [0.1, 0.15) is 6.04 Å². The molecule has 3 amide bonds. The first-order chi connectivity index (χ1) is 18.4. The number of rotatable bonds is 14. The van der Waals surface area contributed by atoms with E-state index in [0.29, 0.717) is 25.9 Å². The summed E-state index contributed by atoms with van der Waals surface area (Å²) in [5.74, 6) is -1.24. The Morgan fingerprint density at radius 2 is 1.55 bits per heavy atom. The van der Waals surface area contributed by atoms with E-state index in [4.69, 9.17) is 17.2 Å². The van der Waals surface area contributed by atoms with Gasteiger partial charge in [0.05, 0.1) is 23.5 Å². The fraction of sp³-hybridized carbons (Fsp3) is 0.370. The van der Waals surface area contributed by atoms with Gasteiger partial charge in [0.15, 0.2) is 0 Å². The molecule has 0 aliphatic carbocycles. The Morgan fingerprint density at radius 1 is 0.868 bits per heavy atom. The molecule has 2 atom stereocenters. The first-order valence-corrected chi connectivity index (χ1v) is 12.7. The van der Waals surface area contributed by atoms with E-state index in [1.54, 1.807) is 12.4 Å². The van der Waals surface area contributed by atoms with Crippen molar-refractivity contribution in [3.05, 3.63) is 72.1 Å². The van der Waals surface area contributed by atoms with E-state index in [2.05, 4.69) is 20.6 Å². The fourth-order valence-corrected chi connectivity index (χ4v) is 4.02. The largest absolute Gasteiger partial charge is 0.350 e. The number of carbonyl (C=O) groups excluding carboxylic acids is 3. The zero-order valence-electron chi connectivity index (χ0n) is 21.4. The number of aromatic nitrogens is 2. The molecule has 2 aromatic carbocycles. The van der Waals surface area contributed by atoms with E-state index >= 15 is 0 Å². The Morgan fingerprint density at radius 3 is 2.24 bits per heavy atom. The highest BCUT2D eigenvalue weighted by Gasteiger charge is 2.26. The van der Waals surface area contributed by atoms with Gasteiger partial charge >= 0.3 is 0 Å². The van der Waals surface area contributed by atoms with Crippen molar-refractivity contribution in [2.24, 2.45) is 17.2 Å². The van der Waals surface area contributed by atoms with Crippen LogP contribution in [0.3, 0.4) is 0 Å². The van der Waals surface area contributed by atoms with Crippen molar-refractivity contribution < 1.29 is 14.4 Å². The van der Waals surface area contributed by atoms with Crippen LogP contribution >= 0.6 is 0 Å². The maximum atomic E-state index is 13.2. The average Bonchev–Trinajstić information content (AvgIpc) is 2.94. The summed E-state index contributed by atoms with van der Waals surface area (Å²) in [5.41, 5.74) is 20.6. The molecule has 1 heterocycles. The Labute approximate surface area is 222 Å². The summed E-state index contributed by atoms with van der Waals surface area (Å²) in [6.07, 6.45) is 3.95. The van der Waals surface area contributed by atoms with Crippen LogP contribution in [0.5, 0.6) is 0 Å². The number of amides is 3. The molecule has 0 saturated heterocycles. The predicted octanol–water partition coefficient (Wildman–Crippen LogP) is -0.173. The minimum absolute atomic E-state index is 0.211. The average molecular weight is 521 g/mol. The summed E-state index contributed by atoms with van der Waals surface area (Å²) in [6, 6.07) is 13.3. The van der Waals surface area contributed by atoms with Crippen molar-refractivity contribution in [3.8, 4) is 0 Å². The quantitative estimate of drug-likeness (QED) is 0.194. The van der Waals surface area contributed by atoms with Crippen LogP contribution < -0.4 is 27.8 Å². The predicted molar refractivity (Wildman–Crippen MR) is 145 cm³/mol. The third-order valence-corrected chi connectivity index (χ3v) is 6.08.